The van der Waals surface area contributed by atoms with Crippen LogP contribution >= 0.6 is 15.9 Å². The average Bonchev–Trinajstić information content (AvgIpc) is 2.66. The van der Waals surface area contributed by atoms with Gasteiger partial charge >= 0.3 is 5.97 Å². The van der Waals surface area contributed by atoms with Crippen LogP contribution in [0.1, 0.15) is 22.8 Å². The Balaban J connectivity index is 2.33. The summed E-state index contributed by atoms with van der Waals surface area (Å²) < 4.78 is 11.4. The third-order valence-corrected chi connectivity index (χ3v) is 4.17. The number of benzene rings is 2. The minimum Gasteiger partial charge on any atom is -0.492 e. The third kappa shape index (κ3) is 5.11. The number of hydrogen-bond acceptors (Lipinski definition) is 5. The Morgan fingerprint density at radius 1 is 1.32 bits per heavy atom. The van der Waals surface area contributed by atoms with Gasteiger partial charge in [0.2, 0.25) is 0 Å². The van der Waals surface area contributed by atoms with Crippen molar-refractivity contribution in [3.8, 4) is 17.6 Å². The highest BCUT2D eigenvalue weighted by Crippen LogP contribution is 2.37. The van der Waals surface area contributed by atoms with Gasteiger partial charge < -0.3 is 19.9 Å². The van der Waals surface area contributed by atoms with Crippen molar-refractivity contribution in [1.29, 1.82) is 5.26 Å². The second-order valence-electron chi connectivity index (χ2n) is 5.48. The van der Waals surface area contributed by atoms with Crippen LogP contribution in [0.4, 0.5) is 5.69 Å². The van der Waals surface area contributed by atoms with Gasteiger partial charge in [0.25, 0.3) is 5.91 Å². The van der Waals surface area contributed by atoms with Gasteiger partial charge in [0.1, 0.15) is 11.6 Å². The molecule has 2 N–H and O–H groups in total. The number of halogens is 1. The number of hydrogen-bond donors (Lipinski definition) is 2. The van der Waals surface area contributed by atoms with E-state index in [0.717, 1.165) is 0 Å². The molecule has 144 valence electrons. The first kappa shape index (κ1) is 21.0. The minimum absolute atomic E-state index is 0.0285. The molecule has 0 aliphatic carbocycles. The number of carboxylic acids is 1. The Kier molecular flexibility index (Phi) is 7.18. The zero-order valence-corrected chi connectivity index (χ0v) is 16.7. The van der Waals surface area contributed by atoms with Gasteiger partial charge in [0.15, 0.2) is 11.5 Å². The van der Waals surface area contributed by atoms with Crippen LogP contribution in [0.3, 0.4) is 0 Å². The SMILES string of the molecule is CCOc1cc(/C=C(/C#N)C(=O)Nc2cccc(C(=O)O)c2)cc(Br)c1OC. The molecular formula is C20H17BrN2O5. The van der Waals surface area contributed by atoms with Crippen LogP contribution in [0.15, 0.2) is 46.4 Å². The maximum Gasteiger partial charge on any atom is 0.335 e. The molecule has 7 nitrogen and oxygen atoms in total. The normalized spacial score (nSPS) is 10.7. The lowest BCUT2D eigenvalue weighted by Gasteiger charge is -2.12. The second-order valence-corrected chi connectivity index (χ2v) is 6.33. The third-order valence-electron chi connectivity index (χ3n) is 3.58. The fourth-order valence-electron chi connectivity index (χ4n) is 2.38. The Labute approximate surface area is 170 Å². The number of amides is 1. The lowest BCUT2D eigenvalue weighted by atomic mass is 10.1. The Morgan fingerprint density at radius 3 is 2.68 bits per heavy atom. The van der Waals surface area contributed by atoms with E-state index in [-0.39, 0.29) is 16.8 Å². The van der Waals surface area contributed by atoms with Gasteiger partial charge in [-0.25, -0.2) is 4.79 Å². The van der Waals surface area contributed by atoms with Gasteiger partial charge in [-0.1, -0.05) is 6.07 Å². The molecule has 0 aliphatic rings. The maximum absolute atomic E-state index is 12.4. The van der Waals surface area contributed by atoms with E-state index in [0.29, 0.717) is 28.1 Å². The van der Waals surface area contributed by atoms with Crippen molar-refractivity contribution in [2.24, 2.45) is 0 Å². The second kappa shape index (κ2) is 9.58. The highest BCUT2D eigenvalue weighted by atomic mass is 79.9. The molecule has 0 aromatic heterocycles. The summed E-state index contributed by atoms with van der Waals surface area (Å²) in [6.45, 7) is 2.25. The van der Waals surface area contributed by atoms with Crippen LogP contribution in [0.5, 0.6) is 11.5 Å². The Hall–Kier alpha value is -3.31. The van der Waals surface area contributed by atoms with Gasteiger partial charge in [-0.15, -0.1) is 0 Å². The number of nitrogens with zero attached hydrogens (tertiary/aromatic N) is 1. The molecule has 0 aliphatic heterocycles. The number of anilines is 1. The molecule has 0 bridgehead atoms. The molecule has 28 heavy (non-hydrogen) atoms. The molecule has 2 aromatic carbocycles. The van der Waals surface area contributed by atoms with Gasteiger partial charge in [-0.2, -0.15) is 5.26 Å². The van der Waals surface area contributed by atoms with E-state index in [1.54, 1.807) is 12.1 Å². The van der Waals surface area contributed by atoms with E-state index in [2.05, 4.69) is 21.2 Å². The Morgan fingerprint density at radius 2 is 2.07 bits per heavy atom. The number of nitrogens with one attached hydrogen (secondary N) is 1. The number of carbonyl (C=O) groups is 2. The summed E-state index contributed by atoms with van der Waals surface area (Å²) in [4.78, 5) is 23.5. The number of carbonyl (C=O) groups excluding carboxylic acids is 1. The van der Waals surface area contributed by atoms with E-state index >= 15 is 0 Å². The minimum atomic E-state index is -1.11. The zero-order chi connectivity index (χ0) is 20.7. The van der Waals surface area contributed by atoms with Crippen LogP contribution in [0, 0.1) is 11.3 Å². The molecule has 0 spiro atoms. The van der Waals surface area contributed by atoms with Crippen LogP contribution in [0.25, 0.3) is 6.08 Å². The van der Waals surface area contributed by atoms with E-state index < -0.39 is 11.9 Å². The first-order valence-electron chi connectivity index (χ1n) is 8.16. The van der Waals surface area contributed by atoms with Gasteiger partial charge in [-0.05, 0) is 64.8 Å². The summed E-state index contributed by atoms with van der Waals surface area (Å²) in [6.07, 6.45) is 1.41. The van der Waals surface area contributed by atoms with Gasteiger partial charge in [0.05, 0.1) is 23.8 Å². The molecule has 0 heterocycles. The van der Waals surface area contributed by atoms with E-state index in [1.165, 1.54) is 37.5 Å². The molecule has 0 unspecified atom stereocenters. The van der Waals surface area contributed by atoms with Crippen molar-refractivity contribution in [1.82, 2.24) is 0 Å². The molecule has 1 amide bonds. The smallest absolute Gasteiger partial charge is 0.335 e. The number of ether oxygens (including phenoxy) is 2. The summed E-state index contributed by atoms with van der Waals surface area (Å²) in [7, 11) is 1.51. The topological polar surface area (TPSA) is 109 Å². The van der Waals surface area contributed by atoms with E-state index in [1.807, 2.05) is 13.0 Å². The van der Waals surface area contributed by atoms with Crippen LogP contribution in [-0.2, 0) is 4.79 Å². The fourth-order valence-corrected chi connectivity index (χ4v) is 3.00. The predicted molar refractivity (Wildman–Crippen MR) is 107 cm³/mol. The largest absolute Gasteiger partial charge is 0.492 e. The molecule has 0 saturated carbocycles. The number of nitriles is 1. The summed E-state index contributed by atoms with van der Waals surface area (Å²) in [5.41, 5.74) is 0.708. The summed E-state index contributed by atoms with van der Waals surface area (Å²) in [6, 6.07) is 11.0. The van der Waals surface area contributed by atoms with E-state index in [4.69, 9.17) is 14.6 Å². The van der Waals surface area contributed by atoms with Crippen molar-refractivity contribution in [2.75, 3.05) is 19.0 Å². The number of methoxy groups -OCH3 is 1. The lowest BCUT2D eigenvalue weighted by Crippen LogP contribution is -2.14. The molecule has 0 atom stereocenters. The number of carboxylic acid groups (broad SMARTS) is 1. The molecule has 0 saturated heterocycles. The van der Waals surface area contributed by atoms with Crippen molar-refractivity contribution in [2.45, 2.75) is 6.92 Å². The molecule has 2 rings (SSSR count). The maximum atomic E-state index is 12.4. The lowest BCUT2D eigenvalue weighted by molar-refractivity contribution is -0.112. The Bertz CT molecular complexity index is 979. The highest BCUT2D eigenvalue weighted by Gasteiger charge is 2.14. The molecular weight excluding hydrogens is 428 g/mol. The number of aromatic carboxylic acids is 1. The van der Waals surface area contributed by atoms with E-state index in [9.17, 15) is 14.9 Å². The van der Waals surface area contributed by atoms with Crippen molar-refractivity contribution < 1.29 is 24.2 Å². The first-order chi connectivity index (χ1) is 13.4. The monoisotopic (exact) mass is 444 g/mol. The quantitative estimate of drug-likeness (QED) is 0.491. The summed E-state index contributed by atoms with van der Waals surface area (Å²) in [5, 5.41) is 20.9. The molecule has 0 radical (unpaired) electrons. The van der Waals surface area contributed by atoms with Gasteiger partial charge in [-0.3, -0.25) is 4.79 Å². The fraction of sp³-hybridized carbons (Fsp3) is 0.150. The van der Waals surface area contributed by atoms with Crippen molar-refractivity contribution in [3.63, 3.8) is 0 Å². The summed E-state index contributed by atoms with van der Waals surface area (Å²) >= 11 is 3.38. The van der Waals surface area contributed by atoms with Crippen LogP contribution in [0.2, 0.25) is 0 Å². The van der Waals surface area contributed by atoms with Crippen molar-refractivity contribution >= 4 is 39.6 Å². The highest BCUT2D eigenvalue weighted by molar-refractivity contribution is 9.10. The first-order valence-corrected chi connectivity index (χ1v) is 8.95. The number of rotatable bonds is 7. The zero-order valence-electron chi connectivity index (χ0n) is 15.2. The predicted octanol–water partition coefficient (Wildman–Crippen LogP) is 4.10. The van der Waals surface area contributed by atoms with Gasteiger partial charge in [0, 0.05) is 5.69 Å². The molecule has 0 fully saturated rings. The van der Waals surface area contributed by atoms with Crippen LogP contribution in [-0.4, -0.2) is 30.7 Å². The standard InChI is InChI=1S/C20H17BrN2O5/c1-3-28-17-9-12(8-16(21)18(17)27-2)7-14(11-22)19(24)23-15-6-4-5-13(10-15)20(25)26/h4-10H,3H2,1-2H3,(H,23,24)(H,25,26)/b14-7-. The average molecular weight is 445 g/mol. The van der Waals surface area contributed by atoms with Crippen LogP contribution < -0.4 is 14.8 Å². The molecule has 2 aromatic rings. The van der Waals surface area contributed by atoms with Crippen molar-refractivity contribution in [3.05, 3.63) is 57.6 Å². The molecule has 8 heteroatoms. The summed E-state index contributed by atoms with van der Waals surface area (Å²) in [5.74, 6) is -0.793.